The van der Waals surface area contributed by atoms with E-state index in [0.29, 0.717) is 26.0 Å². The molecule has 2 aliphatic heterocycles. The number of hydrogen-bond donors (Lipinski definition) is 1. The average Bonchev–Trinajstić information content (AvgIpc) is 2.45. The first kappa shape index (κ1) is 16.2. The summed E-state index contributed by atoms with van der Waals surface area (Å²) in [5, 5.41) is 9.16. The fourth-order valence-corrected chi connectivity index (χ4v) is 3.66. The van der Waals surface area contributed by atoms with Gasteiger partial charge in [-0.3, -0.25) is 4.79 Å². The monoisotopic (exact) mass is 320 g/mol. The third-order valence-corrected chi connectivity index (χ3v) is 5.17. The number of carbonyl (C=O) groups excluding carboxylic acids is 1. The topological polar surface area (TPSA) is 104 Å². The molecule has 2 fully saturated rings. The van der Waals surface area contributed by atoms with Crippen LogP contribution in [0.15, 0.2) is 0 Å². The molecule has 1 amide bonds. The lowest BCUT2D eigenvalue weighted by molar-refractivity contribution is -0.160. The van der Waals surface area contributed by atoms with Gasteiger partial charge in [0.25, 0.3) is 0 Å². The van der Waals surface area contributed by atoms with E-state index in [0.717, 1.165) is 6.26 Å². The number of nitrogens with zero attached hydrogens (tertiary/aromatic N) is 2. The van der Waals surface area contributed by atoms with E-state index >= 15 is 0 Å². The Kier molecular flexibility index (Phi) is 4.84. The predicted octanol–water partition coefficient (Wildman–Crippen LogP) is -1.03. The van der Waals surface area contributed by atoms with E-state index in [1.165, 1.54) is 9.21 Å². The van der Waals surface area contributed by atoms with Crippen LogP contribution in [-0.4, -0.2) is 79.8 Å². The average molecular weight is 320 g/mol. The van der Waals surface area contributed by atoms with Gasteiger partial charge in [0, 0.05) is 19.6 Å². The Hall–Kier alpha value is -1.19. The first-order valence-electron chi connectivity index (χ1n) is 6.87. The van der Waals surface area contributed by atoms with Crippen LogP contribution in [-0.2, 0) is 24.3 Å². The number of carboxylic acid groups (broad SMARTS) is 1. The molecule has 2 saturated heterocycles. The lowest BCUT2D eigenvalue weighted by Crippen LogP contribution is -2.56. The normalized spacial score (nSPS) is 28.3. The molecule has 0 aromatic carbocycles. The second-order valence-corrected chi connectivity index (χ2v) is 7.40. The van der Waals surface area contributed by atoms with Crippen molar-refractivity contribution < 1.29 is 27.9 Å². The van der Waals surface area contributed by atoms with Crippen molar-refractivity contribution in [2.75, 3.05) is 39.1 Å². The molecule has 1 N–H and O–H groups in total. The van der Waals surface area contributed by atoms with Crippen molar-refractivity contribution in [1.82, 2.24) is 9.21 Å². The van der Waals surface area contributed by atoms with Crippen LogP contribution in [0.5, 0.6) is 0 Å². The summed E-state index contributed by atoms with van der Waals surface area (Å²) >= 11 is 0. The maximum absolute atomic E-state index is 12.5. The smallest absolute Gasteiger partial charge is 0.328 e. The highest BCUT2D eigenvalue weighted by Crippen LogP contribution is 2.22. The molecule has 0 saturated carbocycles. The van der Waals surface area contributed by atoms with Crippen molar-refractivity contribution in [2.24, 2.45) is 5.92 Å². The van der Waals surface area contributed by atoms with Crippen LogP contribution in [0.1, 0.15) is 12.8 Å². The Morgan fingerprint density at radius 2 is 2.00 bits per heavy atom. The van der Waals surface area contributed by atoms with E-state index in [2.05, 4.69) is 0 Å². The Morgan fingerprint density at radius 3 is 2.62 bits per heavy atom. The number of amides is 1. The van der Waals surface area contributed by atoms with Gasteiger partial charge in [0.2, 0.25) is 15.9 Å². The largest absolute Gasteiger partial charge is 0.480 e. The van der Waals surface area contributed by atoms with Crippen LogP contribution >= 0.6 is 0 Å². The second kappa shape index (κ2) is 6.29. The molecular formula is C12H20N2O6S. The van der Waals surface area contributed by atoms with E-state index in [-0.39, 0.29) is 25.6 Å². The SMILES string of the molecule is CS(=O)(=O)N1CCC[C@@H](C(=O)N2CCOC[C@@H]2C(=O)O)C1. The number of carboxylic acids is 1. The number of aliphatic carboxylic acids is 1. The lowest BCUT2D eigenvalue weighted by atomic mass is 9.97. The number of piperidine rings is 1. The van der Waals surface area contributed by atoms with Gasteiger partial charge < -0.3 is 14.7 Å². The van der Waals surface area contributed by atoms with Crippen LogP contribution in [0, 0.1) is 5.92 Å². The fraction of sp³-hybridized carbons (Fsp3) is 0.833. The molecule has 2 aliphatic rings. The third-order valence-electron chi connectivity index (χ3n) is 3.90. The maximum atomic E-state index is 12.5. The Morgan fingerprint density at radius 1 is 1.29 bits per heavy atom. The zero-order valence-corrected chi connectivity index (χ0v) is 12.7. The van der Waals surface area contributed by atoms with Crippen molar-refractivity contribution >= 4 is 21.9 Å². The number of morpholine rings is 1. The van der Waals surface area contributed by atoms with Crippen molar-refractivity contribution in [1.29, 1.82) is 0 Å². The minimum Gasteiger partial charge on any atom is -0.480 e. The molecule has 0 spiro atoms. The van der Waals surface area contributed by atoms with Gasteiger partial charge in [0.15, 0.2) is 6.04 Å². The third kappa shape index (κ3) is 3.72. The van der Waals surface area contributed by atoms with E-state index in [1.54, 1.807) is 0 Å². The first-order chi connectivity index (χ1) is 9.80. The van der Waals surface area contributed by atoms with Crippen molar-refractivity contribution in [3.05, 3.63) is 0 Å². The summed E-state index contributed by atoms with van der Waals surface area (Å²) in [7, 11) is -3.33. The maximum Gasteiger partial charge on any atom is 0.328 e. The number of rotatable bonds is 3. The number of hydrogen-bond acceptors (Lipinski definition) is 5. The van der Waals surface area contributed by atoms with Gasteiger partial charge in [-0.1, -0.05) is 0 Å². The zero-order chi connectivity index (χ0) is 15.6. The summed E-state index contributed by atoms with van der Waals surface area (Å²) in [5.41, 5.74) is 0. The van der Waals surface area contributed by atoms with Crippen LogP contribution in [0.3, 0.4) is 0 Å². The quantitative estimate of drug-likeness (QED) is 0.713. The molecule has 0 unspecified atom stereocenters. The first-order valence-corrected chi connectivity index (χ1v) is 8.71. The van der Waals surface area contributed by atoms with Gasteiger partial charge in [0.05, 0.1) is 25.4 Å². The molecule has 0 aromatic rings. The summed E-state index contributed by atoms with van der Waals surface area (Å²) in [4.78, 5) is 25.0. The Balaban J connectivity index is 2.09. The van der Waals surface area contributed by atoms with Crippen LogP contribution < -0.4 is 0 Å². The molecule has 2 heterocycles. The molecule has 120 valence electrons. The predicted molar refractivity (Wildman–Crippen MR) is 73.1 cm³/mol. The fourth-order valence-electron chi connectivity index (χ4n) is 2.75. The zero-order valence-electron chi connectivity index (χ0n) is 11.9. The van der Waals surface area contributed by atoms with Crippen LogP contribution in [0.25, 0.3) is 0 Å². The highest BCUT2D eigenvalue weighted by molar-refractivity contribution is 7.88. The standard InChI is InChI=1S/C12H20N2O6S/c1-21(18,19)13-4-2-3-9(7-13)11(15)14-5-6-20-8-10(14)12(16)17/h9-10H,2-8H2,1H3,(H,16,17)/t9-,10-/m1/s1. The molecule has 0 aromatic heterocycles. The highest BCUT2D eigenvalue weighted by atomic mass is 32.2. The highest BCUT2D eigenvalue weighted by Gasteiger charge is 2.38. The minimum absolute atomic E-state index is 0.0242. The van der Waals surface area contributed by atoms with E-state index in [4.69, 9.17) is 9.84 Å². The molecule has 2 rings (SSSR count). The summed E-state index contributed by atoms with van der Waals surface area (Å²) in [5.74, 6) is -1.87. The molecule has 21 heavy (non-hydrogen) atoms. The Bertz CT molecular complexity index is 520. The molecule has 0 radical (unpaired) electrons. The van der Waals surface area contributed by atoms with Crippen LogP contribution in [0.4, 0.5) is 0 Å². The van der Waals surface area contributed by atoms with E-state index in [9.17, 15) is 18.0 Å². The molecular weight excluding hydrogens is 300 g/mol. The molecule has 0 aliphatic carbocycles. The van der Waals surface area contributed by atoms with Crippen molar-refractivity contribution in [3.8, 4) is 0 Å². The summed E-state index contributed by atoms with van der Waals surface area (Å²) < 4.78 is 29.6. The molecule has 0 bridgehead atoms. The Labute approximate surface area is 123 Å². The minimum atomic E-state index is -3.33. The second-order valence-electron chi connectivity index (χ2n) is 5.42. The molecule has 2 atom stereocenters. The van der Waals surface area contributed by atoms with Gasteiger partial charge in [-0.05, 0) is 12.8 Å². The van der Waals surface area contributed by atoms with Gasteiger partial charge in [-0.2, -0.15) is 0 Å². The molecule has 8 nitrogen and oxygen atoms in total. The van der Waals surface area contributed by atoms with Gasteiger partial charge in [0.1, 0.15) is 0 Å². The van der Waals surface area contributed by atoms with Gasteiger partial charge >= 0.3 is 5.97 Å². The summed E-state index contributed by atoms with van der Waals surface area (Å²) in [6.45, 7) is 1.04. The number of sulfonamides is 1. The van der Waals surface area contributed by atoms with E-state index < -0.39 is 28.0 Å². The van der Waals surface area contributed by atoms with Crippen LogP contribution in [0.2, 0.25) is 0 Å². The summed E-state index contributed by atoms with van der Waals surface area (Å²) in [6, 6.07) is -0.986. The lowest BCUT2D eigenvalue weighted by Gasteiger charge is -2.38. The van der Waals surface area contributed by atoms with Gasteiger partial charge in [-0.15, -0.1) is 0 Å². The van der Waals surface area contributed by atoms with Crippen molar-refractivity contribution in [3.63, 3.8) is 0 Å². The number of carbonyl (C=O) groups is 2. The van der Waals surface area contributed by atoms with Gasteiger partial charge in [-0.25, -0.2) is 17.5 Å². The summed E-state index contributed by atoms with van der Waals surface area (Å²) in [6.07, 6.45) is 2.30. The molecule has 9 heteroatoms. The van der Waals surface area contributed by atoms with Crippen molar-refractivity contribution in [2.45, 2.75) is 18.9 Å². The number of ether oxygens (including phenoxy) is 1. The van der Waals surface area contributed by atoms with E-state index in [1.807, 2.05) is 0 Å².